The number of hydrazone groups is 1. The lowest BCUT2D eigenvalue weighted by Crippen LogP contribution is -2.16. The van der Waals surface area contributed by atoms with Crippen LogP contribution in [0.2, 0.25) is 0 Å². The fraction of sp³-hybridized carbons (Fsp3) is 0.250. The van der Waals surface area contributed by atoms with Gasteiger partial charge in [-0.1, -0.05) is 32.9 Å². The van der Waals surface area contributed by atoms with Crippen molar-refractivity contribution in [3.05, 3.63) is 83.3 Å². The molecule has 1 amide bonds. The first-order chi connectivity index (χ1) is 14.3. The minimum atomic E-state index is -0.430. The standard InChI is InChI=1S/C24H26N2O4/c1-24(2,3)18-7-11-20(12-8-18)29-16-21-13-14-22(30-21)23(27)26-25-15-17-5-9-19(28-4)10-6-17/h5-15H,16H2,1-4H3,(H,26,27)/b25-15+. The number of amides is 1. The molecular formula is C24H26N2O4. The molecule has 0 radical (unpaired) electrons. The zero-order chi connectivity index (χ0) is 21.6. The molecule has 0 saturated carbocycles. The van der Waals surface area contributed by atoms with Crippen LogP contribution in [0.25, 0.3) is 0 Å². The highest BCUT2D eigenvalue weighted by atomic mass is 16.5. The molecule has 0 aliphatic carbocycles. The third-order valence-electron chi connectivity index (χ3n) is 4.48. The van der Waals surface area contributed by atoms with E-state index in [2.05, 4.69) is 43.4 Å². The first-order valence-electron chi connectivity index (χ1n) is 9.64. The molecule has 6 heteroatoms. The topological polar surface area (TPSA) is 73.1 Å². The van der Waals surface area contributed by atoms with Gasteiger partial charge in [0.05, 0.1) is 13.3 Å². The molecule has 1 aromatic heterocycles. The lowest BCUT2D eigenvalue weighted by atomic mass is 9.87. The van der Waals surface area contributed by atoms with Crippen LogP contribution in [0.4, 0.5) is 0 Å². The number of benzene rings is 2. The number of hydrogen-bond donors (Lipinski definition) is 1. The number of ether oxygens (including phenoxy) is 2. The highest BCUT2D eigenvalue weighted by molar-refractivity contribution is 5.92. The Kier molecular flexibility index (Phi) is 6.57. The van der Waals surface area contributed by atoms with Crippen LogP contribution < -0.4 is 14.9 Å². The Morgan fingerprint density at radius 3 is 2.30 bits per heavy atom. The molecule has 1 N–H and O–H groups in total. The maximum Gasteiger partial charge on any atom is 0.307 e. The van der Waals surface area contributed by atoms with Crippen molar-refractivity contribution in [3.63, 3.8) is 0 Å². The van der Waals surface area contributed by atoms with E-state index in [1.54, 1.807) is 25.5 Å². The Balaban J connectivity index is 1.51. The first kappa shape index (κ1) is 21.2. The van der Waals surface area contributed by atoms with Gasteiger partial charge in [0.15, 0.2) is 5.76 Å². The molecule has 0 atom stereocenters. The van der Waals surface area contributed by atoms with Gasteiger partial charge in [-0.3, -0.25) is 4.79 Å². The summed E-state index contributed by atoms with van der Waals surface area (Å²) in [6.45, 7) is 6.73. The van der Waals surface area contributed by atoms with Gasteiger partial charge in [0.25, 0.3) is 0 Å². The van der Waals surface area contributed by atoms with Crippen molar-refractivity contribution in [1.29, 1.82) is 0 Å². The highest BCUT2D eigenvalue weighted by Crippen LogP contribution is 2.24. The van der Waals surface area contributed by atoms with Gasteiger partial charge in [-0.2, -0.15) is 5.10 Å². The van der Waals surface area contributed by atoms with Crippen LogP contribution in [0.5, 0.6) is 11.5 Å². The van der Waals surface area contributed by atoms with E-state index >= 15 is 0 Å². The van der Waals surface area contributed by atoms with Gasteiger partial charge in [-0.05, 0) is 65.1 Å². The van der Waals surface area contributed by atoms with Gasteiger partial charge >= 0.3 is 5.91 Å². The van der Waals surface area contributed by atoms with E-state index in [0.29, 0.717) is 5.76 Å². The van der Waals surface area contributed by atoms with E-state index in [9.17, 15) is 4.79 Å². The summed E-state index contributed by atoms with van der Waals surface area (Å²) in [5, 5.41) is 3.95. The molecule has 1 heterocycles. The van der Waals surface area contributed by atoms with Crippen molar-refractivity contribution in [2.24, 2.45) is 5.10 Å². The van der Waals surface area contributed by atoms with Crippen molar-refractivity contribution >= 4 is 12.1 Å². The summed E-state index contributed by atoms with van der Waals surface area (Å²) in [4.78, 5) is 12.2. The summed E-state index contributed by atoms with van der Waals surface area (Å²) in [6.07, 6.45) is 1.55. The van der Waals surface area contributed by atoms with Crippen LogP contribution in [0.1, 0.15) is 48.2 Å². The SMILES string of the molecule is COc1ccc(/C=N/NC(=O)c2ccc(COc3ccc(C(C)(C)C)cc3)o2)cc1. The molecule has 0 aliphatic rings. The third kappa shape index (κ3) is 5.73. The summed E-state index contributed by atoms with van der Waals surface area (Å²) in [6, 6.07) is 18.6. The number of nitrogens with zero attached hydrogens (tertiary/aromatic N) is 1. The Bertz CT molecular complexity index is 997. The monoisotopic (exact) mass is 406 g/mol. The number of carbonyl (C=O) groups excluding carboxylic acids is 1. The Hall–Kier alpha value is -3.54. The number of nitrogens with one attached hydrogen (secondary N) is 1. The number of furan rings is 1. The summed E-state index contributed by atoms with van der Waals surface area (Å²) >= 11 is 0. The fourth-order valence-electron chi connectivity index (χ4n) is 2.69. The second-order valence-corrected chi connectivity index (χ2v) is 7.80. The van der Waals surface area contributed by atoms with E-state index in [1.165, 1.54) is 5.56 Å². The largest absolute Gasteiger partial charge is 0.497 e. The molecule has 2 aromatic carbocycles. The number of methoxy groups -OCH3 is 1. The van der Waals surface area contributed by atoms with Gasteiger partial charge in [0, 0.05) is 0 Å². The lowest BCUT2D eigenvalue weighted by molar-refractivity contribution is 0.0923. The average Bonchev–Trinajstić information content (AvgIpc) is 3.21. The predicted molar refractivity (Wildman–Crippen MR) is 116 cm³/mol. The molecule has 3 rings (SSSR count). The fourth-order valence-corrected chi connectivity index (χ4v) is 2.69. The minimum absolute atomic E-state index is 0.0949. The third-order valence-corrected chi connectivity index (χ3v) is 4.48. The zero-order valence-electron chi connectivity index (χ0n) is 17.6. The van der Waals surface area contributed by atoms with Crippen LogP contribution in [0.3, 0.4) is 0 Å². The summed E-state index contributed by atoms with van der Waals surface area (Å²) < 4.78 is 16.4. The first-order valence-corrected chi connectivity index (χ1v) is 9.64. The van der Waals surface area contributed by atoms with Crippen LogP contribution >= 0.6 is 0 Å². The normalized spacial score (nSPS) is 11.5. The molecule has 0 spiro atoms. The van der Waals surface area contributed by atoms with E-state index in [0.717, 1.165) is 17.1 Å². The molecule has 0 fully saturated rings. The van der Waals surface area contributed by atoms with Crippen molar-refractivity contribution in [2.75, 3.05) is 7.11 Å². The molecule has 0 unspecified atom stereocenters. The number of rotatable bonds is 7. The molecule has 3 aromatic rings. The molecule has 0 aliphatic heterocycles. The van der Waals surface area contributed by atoms with Gasteiger partial charge in [0.2, 0.25) is 0 Å². The highest BCUT2D eigenvalue weighted by Gasteiger charge is 2.14. The summed E-state index contributed by atoms with van der Waals surface area (Å²) in [5.74, 6) is 1.80. The molecule has 156 valence electrons. The maximum atomic E-state index is 12.2. The smallest absolute Gasteiger partial charge is 0.307 e. The van der Waals surface area contributed by atoms with Crippen LogP contribution in [0.15, 0.2) is 70.2 Å². The molecule has 30 heavy (non-hydrogen) atoms. The Morgan fingerprint density at radius 2 is 1.67 bits per heavy atom. The van der Waals surface area contributed by atoms with E-state index in [4.69, 9.17) is 13.9 Å². The van der Waals surface area contributed by atoms with Crippen molar-refractivity contribution in [1.82, 2.24) is 5.43 Å². The molecular weight excluding hydrogens is 380 g/mol. The minimum Gasteiger partial charge on any atom is -0.497 e. The number of hydrogen-bond acceptors (Lipinski definition) is 5. The van der Waals surface area contributed by atoms with Gasteiger partial charge < -0.3 is 13.9 Å². The van der Waals surface area contributed by atoms with E-state index in [-0.39, 0.29) is 17.8 Å². The maximum absolute atomic E-state index is 12.2. The number of carbonyl (C=O) groups is 1. The molecule has 0 bridgehead atoms. The van der Waals surface area contributed by atoms with Crippen LogP contribution in [0, 0.1) is 0 Å². The second-order valence-electron chi connectivity index (χ2n) is 7.80. The predicted octanol–water partition coefficient (Wildman–Crippen LogP) is 4.93. The summed E-state index contributed by atoms with van der Waals surface area (Å²) in [7, 11) is 1.61. The van der Waals surface area contributed by atoms with Crippen LogP contribution in [-0.2, 0) is 12.0 Å². The summed E-state index contributed by atoms with van der Waals surface area (Å²) in [5.41, 5.74) is 4.62. The van der Waals surface area contributed by atoms with Gasteiger partial charge in [-0.25, -0.2) is 5.43 Å². The molecule has 6 nitrogen and oxygen atoms in total. The van der Waals surface area contributed by atoms with E-state index < -0.39 is 5.91 Å². The van der Waals surface area contributed by atoms with Crippen LogP contribution in [-0.4, -0.2) is 19.2 Å². The second kappa shape index (κ2) is 9.31. The Morgan fingerprint density at radius 1 is 1.00 bits per heavy atom. The Labute approximate surface area is 176 Å². The quantitative estimate of drug-likeness (QED) is 0.446. The van der Waals surface area contributed by atoms with Crippen molar-refractivity contribution in [3.8, 4) is 11.5 Å². The molecule has 0 saturated heterocycles. The van der Waals surface area contributed by atoms with Gasteiger partial charge in [-0.15, -0.1) is 0 Å². The lowest BCUT2D eigenvalue weighted by Gasteiger charge is -2.19. The van der Waals surface area contributed by atoms with E-state index in [1.807, 2.05) is 36.4 Å². The zero-order valence-corrected chi connectivity index (χ0v) is 17.6. The average molecular weight is 406 g/mol. The van der Waals surface area contributed by atoms with Crippen molar-refractivity contribution in [2.45, 2.75) is 32.8 Å². The van der Waals surface area contributed by atoms with Crippen molar-refractivity contribution < 1.29 is 18.7 Å². The van der Waals surface area contributed by atoms with Gasteiger partial charge in [0.1, 0.15) is 23.9 Å².